The summed E-state index contributed by atoms with van der Waals surface area (Å²) >= 11 is 0. The van der Waals surface area contributed by atoms with E-state index < -0.39 is 44.5 Å². The van der Waals surface area contributed by atoms with Crippen LogP contribution >= 0.6 is 0 Å². The normalized spacial score (nSPS) is 11.8. The van der Waals surface area contributed by atoms with Crippen LogP contribution in [0.1, 0.15) is 11.1 Å². The summed E-state index contributed by atoms with van der Waals surface area (Å²) in [6, 6.07) is 7.17. The second-order valence-electron chi connectivity index (χ2n) is 7.29. The zero-order valence-electron chi connectivity index (χ0n) is 17.5. The number of hydrogen-bond donors (Lipinski definition) is 2. The third-order valence-corrected chi connectivity index (χ3v) is 6.82. The highest BCUT2D eigenvalue weighted by Gasteiger charge is 2.25. The van der Waals surface area contributed by atoms with E-state index in [0.29, 0.717) is 17.5 Å². The van der Waals surface area contributed by atoms with Crippen LogP contribution in [0.4, 0.5) is 28.9 Å². The molecule has 2 heterocycles. The minimum absolute atomic E-state index is 0.0275. The third kappa shape index (κ3) is 3.83. The smallest absolute Gasteiger partial charge is 0.269 e. The molecule has 0 aliphatic carbocycles. The van der Waals surface area contributed by atoms with Crippen molar-refractivity contribution in [3.05, 3.63) is 83.3 Å². The maximum atomic E-state index is 14.3. The number of rotatable bonds is 6. The molecular formula is C22H18F4N4O2S. The van der Waals surface area contributed by atoms with Crippen molar-refractivity contribution in [2.24, 2.45) is 0 Å². The first kappa shape index (κ1) is 22.7. The molecule has 172 valence electrons. The van der Waals surface area contributed by atoms with E-state index in [1.165, 1.54) is 42.9 Å². The fraction of sp³-hybridized carbons (Fsp3) is 0.136. The van der Waals surface area contributed by atoms with Crippen LogP contribution in [0.25, 0.3) is 10.9 Å². The maximum absolute atomic E-state index is 14.3. The molecule has 2 N–H and O–H groups in total. The standard InChI is InChI=1S/C22H18F4N4O2S/c1-12-18(23)20(25)22(21(26)19(12)24)29-14-5-6-16-13(9-27-2)11-30(17(16)8-14)33(31,32)15-4-3-7-28-10-15/h3-8,10-11,27,29H,9H2,1-2H3. The van der Waals surface area contributed by atoms with E-state index in [1.807, 2.05) is 0 Å². The van der Waals surface area contributed by atoms with Crippen molar-refractivity contribution in [2.45, 2.75) is 18.4 Å². The molecule has 2 aromatic carbocycles. The lowest BCUT2D eigenvalue weighted by Crippen LogP contribution is -2.12. The quantitative estimate of drug-likeness (QED) is 0.313. The van der Waals surface area contributed by atoms with Crippen LogP contribution in [0, 0.1) is 30.2 Å². The van der Waals surface area contributed by atoms with Gasteiger partial charge in [-0.1, -0.05) is 6.07 Å². The van der Waals surface area contributed by atoms with Crippen molar-refractivity contribution in [3.63, 3.8) is 0 Å². The molecule has 0 atom stereocenters. The summed E-state index contributed by atoms with van der Waals surface area (Å²) in [7, 11) is -2.36. The van der Waals surface area contributed by atoms with Crippen LogP contribution in [0.2, 0.25) is 0 Å². The first-order valence-corrected chi connectivity index (χ1v) is 11.1. The van der Waals surface area contributed by atoms with Crippen LogP contribution in [-0.2, 0) is 16.6 Å². The van der Waals surface area contributed by atoms with Crippen molar-refractivity contribution >= 4 is 32.3 Å². The Hall–Kier alpha value is -3.44. The Morgan fingerprint density at radius 1 is 1.03 bits per heavy atom. The second kappa shape index (κ2) is 8.49. The van der Waals surface area contributed by atoms with Gasteiger partial charge in [0.15, 0.2) is 23.3 Å². The summed E-state index contributed by atoms with van der Waals surface area (Å²) in [5.41, 5.74) is -0.920. The number of anilines is 2. The summed E-state index contributed by atoms with van der Waals surface area (Å²) < 4.78 is 84.1. The van der Waals surface area contributed by atoms with Gasteiger partial charge in [-0.05, 0) is 43.8 Å². The molecule has 0 aliphatic heterocycles. The lowest BCUT2D eigenvalue weighted by atomic mass is 10.1. The summed E-state index contributed by atoms with van der Waals surface area (Å²) in [4.78, 5) is 3.79. The molecule has 0 saturated heterocycles. The Bertz CT molecular complexity index is 1440. The fourth-order valence-corrected chi connectivity index (χ4v) is 4.83. The van der Waals surface area contributed by atoms with E-state index in [0.717, 1.165) is 10.9 Å². The van der Waals surface area contributed by atoms with Crippen LogP contribution in [0.3, 0.4) is 0 Å². The van der Waals surface area contributed by atoms with E-state index >= 15 is 0 Å². The van der Waals surface area contributed by atoms with E-state index in [1.54, 1.807) is 13.1 Å². The topological polar surface area (TPSA) is 76.0 Å². The van der Waals surface area contributed by atoms with Gasteiger partial charge >= 0.3 is 0 Å². The van der Waals surface area contributed by atoms with Crippen molar-refractivity contribution < 1.29 is 26.0 Å². The molecule has 6 nitrogen and oxygen atoms in total. The number of pyridine rings is 1. The van der Waals surface area contributed by atoms with Gasteiger partial charge in [0.05, 0.1) is 5.52 Å². The highest BCUT2D eigenvalue weighted by molar-refractivity contribution is 7.90. The Kier molecular flexibility index (Phi) is 5.85. The molecule has 0 unspecified atom stereocenters. The van der Waals surface area contributed by atoms with Gasteiger partial charge in [0, 0.05) is 41.8 Å². The SMILES string of the molecule is CNCc1cn(S(=O)(=O)c2cccnc2)c2cc(Nc3c(F)c(F)c(C)c(F)c3F)ccc12. The van der Waals surface area contributed by atoms with Gasteiger partial charge in [0.1, 0.15) is 10.6 Å². The molecule has 0 amide bonds. The minimum Gasteiger partial charge on any atom is -0.350 e. The van der Waals surface area contributed by atoms with Gasteiger partial charge in [-0.2, -0.15) is 0 Å². The molecular weight excluding hydrogens is 460 g/mol. The van der Waals surface area contributed by atoms with Gasteiger partial charge in [0.2, 0.25) is 0 Å². The Morgan fingerprint density at radius 2 is 1.73 bits per heavy atom. The largest absolute Gasteiger partial charge is 0.350 e. The third-order valence-electron chi connectivity index (χ3n) is 5.16. The molecule has 4 rings (SSSR count). The lowest BCUT2D eigenvalue weighted by molar-refractivity contribution is 0.450. The molecule has 11 heteroatoms. The van der Waals surface area contributed by atoms with Crippen molar-refractivity contribution in [3.8, 4) is 0 Å². The van der Waals surface area contributed by atoms with E-state index in [4.69, 9.17) is 0 Å². The first-order valence-electron chi connectivity index (χ1n) is 9.70. The number of benzene rings is 2. The number of hydrogen-bond acceptors (Lipinski definition) is 5. The molecule has 0 fully saturated rings. The molecule has 2 aromatic heterocycles. The van der Waals surface area contributed by atoms with Crippen molar-refractivity contribution in [1.82, 2.24) is 14.3 Å². The van der Waals surface area contributed by atoms with E-state index in [-0.39, 0.29) is 16.1 Å². The van der Waals surface area contributed by atoms with Gasteiger partial charge in [-0.3, -0.25) is 4.98 Å². The van der Waals surface area contributed by atoms with E-state index in [2.05, 4.69) is 15.6 Å². The van der Waals surface area contributed by atoms with E-state index in [9.17, 15) is 26.0 Å². The molecule has 33 heavy (non-hydrogen) atoms. The number of nitrogens with zero attached hydrogens (tertiary/aromatic N) is 2. The predicted molar refractivity (Wildman–Crippen MR) is 116 cm³/mol. The predicted octanol–water partition coefficient (Wildman–Crippen LogP) is 4.60. The lowest BCUT2D eigenvalue weighted by Gasteiger charge is -2.13. The average Bonchev–Trinajstić information content (AvgIpc) is 3.18. The summed E-state index contributed by atoms with van der Waals surface area (Å²) in [5.74, 6) is -6.20. The number of nitrogens with one attached hydrogen (secondary N) is 2. The van der Waals surface area contributed by atoms with Crippen LogP contribution < -0.4 is 10.6 Å². The van der Waals surface area contributed by atoms with Gasteiger partial charge < -0.3 is 10.6 Å². The summed E-state index contributed by atoms with van der Waals surface area (Å²) in [6.45, 7) is 1.27. The van der Waals surface area contributed by atoms with Crippen LogP contribution in [0.5, 0.6) is 0 Å². The van der Waals surface area contributed by atoms with Gasteiger partial charge in [0.25, 0.3) is 10.0 Å². The highest BCUT2D eigenvalue weighted by atomic mass is 32.2. The van der Waals surface area contributed by atoms with Crippen molar-refractivity contribution in [2.75, 3.05) is 12.4 Å². The maximum Gasteiger partial charge on any atom is 0.269 e. The highest BCUT2D eigenvalue weighted by Crippen LogP contribution is 2.33. The Labute approximate surface area is 186 Å². The molecule has 0 bridgehead atoms. The summed E-state index contributed by atoms with van der Waals surface area (Å²) in [5, 5.41) is 5.84. The zero-order valence-corrected chi connectivity index (χ0v) is 18.3. The number of fused-ring (bicyclic) bond motifs is 1. The second-order valence-corrected chi connectivity index (χ2v) is 9.10. The molecule has 0 spiro atoms. The van der Waals surface area contributed by atoms with Crippen LogP contribution in [-0.4, -0.2) is 24.4 Å². The summed E-state index contributed by atoms with van der Waals surface area (Å²) in [6.07, 6.45) is 4.06. The van der Waals surface area contributed by atoms with Gasteiger partial charge in [-0.25, -0.2) is 30.0 Å². The minimum atomic E-state index is -4.06. The molecule has 4 aromatic rings. The van der Waals surface area contributed by atoms with Crippen LogP contribution in [0.15, 0.2) is 53.8 Å². The van der Waals surface area contributed by atoms with Gasteiger partial charge in [-0.15, -0.1) is 0 Å². The Morgan fingerprint density at radius 3 is 2.33 bits per heavy atom. The molecule has 0 saturated carbocycles. The number of halogens is 4. The Balaban J connectivity index is 1.89. The fourth-order valence-electron chi connectivity index (χ4n) is 3.48. The zero-order chi connectivity index (χ0) is 23.9. The number of aromatic nitrogens is 2. The first-order chi connectivity index (χ1) is 15.7. The average molecular weight is 478 g/mol. The molecule has 0 aliphatic rings. The monoisotopic (exact) mass is 478 g/mol. The van der Waals surface area contributed by atoms with Crippen molar-refractivity contribution in [1.29, 1.82) is 0 Å². The molecule has 0 radical (unpaired) electrons.